The van der Waals surface area contributed by atoms with Crippen molar-refractivity contribution >= 4 is 0 Å². The first-order chi connectivity index (χ1) is 7.65. The minimum Gasteiger partial charge on any atom is -0.0622 e. The average molecular weight is 220 g/mol. The molecule has 0 nitrogen and oxygen atoms in total. The molecule has 3 rings (SSSR count). The summed E-state index contributed by atoms with van der Waals surface area (Å²) in [5, 5.41) is 0. The molecule has 3 saturated carbocycles. The second-order valence-electron chi connectivity index (χ2n) is 7.32. The largest absolute Gasteiger partial charge is 0.0622 e. The first-order valence-electron chi connectivity index (χ1n) is 7.65. The Morgan fingerprint density at radius 2 is 1.69 bits per heavy atom. The quantitative estimate of drug-likeness (QED) is 0.622. The Morgan fingerprint density at radius 1 is 1.00 bits per heavy atom. The van der Waals surface area contributed by atoms with Crippen LogP contribution in [0.2, 0.25) is 0 Å². The molecular formula is C16H28. The van der Waals surface area contributed by atoms with Crippen molar-refractivity contribution in [3.05, 3.63) is 0 Å². The molecule has 0 aromatic heterocycles. The molecule has 0 amide bonds. The number of fused-ring (bicyclic) bond motifs is 1. The molecule has 4 atom stereocenters. The zero-order chi connectivity index (χ0) is 11.3. The van der Waals surface area contributed by atoms with E-state index in [2.05, 4.69) is 20.8 Å². The molecule has 0 heterocycles. The standard InChI is InChI=1S/C16H28/c1-11(2)16-9-14(12(3)15(16)10-16)13-7-5-4-6-8-13/h11-15H,4-10H2,1-3H3/t12-,14-,15+,16+/m0/s1. The fourth-order valence-corrected chi connectivity index (χ4v) is 5.28. The van der Waals surface area contributed by atoms with E-state index in [0.717, 1.165) is 35.0 Å². The molecule has 0 radical (unpaired) electrons. The van der Waals surface area contributed by atoms with Crippen molar-refractivity contribution in [3.8, 4) is 0 Å². The molecule has 0 N–H and O–H groups in total. The van der Waals surface area contributed by atoms with Crippen LogP contribution in [0.4, 0.5) is 0 Å². The van der Waals surface area contributed by atoms with Gasteiger partial charge in [-0.05, 0) is 47.8 Å². The molecule has 0 saturated heterocycles. The highest BCUT2D eigenvalue weighted by Crippen LogP contribution is 2.72. The maximum atomic E-state index is 2.57. The highest BCUT2D eigenvalue weighted by Gasteiger charge is 2.65. The Balaban J connectivity index is 1.70. The predicted molar refractivity (Wildman–Crippen MR) is 69.2 cm³/mol. The van der Waals surface area contributed by atoms with Gasteiger partial charge in [-0.2, -0.15) is 0 Å². The first kappa shape index (κ1) is 11.1. The molecule has 0 aliphatic heterocycles. The summed E-state index contributed by atoms with van der Waals surface area (Å²) in [6.07, 6.45) is 10.8. The minimum absolute atomic E-state index is 0.807. The fraction of sp³-hybridized carbons (Fsp3) is 1.00. The lowest BCUT2D eigenvalue weighted by Gasteiger charge is -2.32. The molecule has 0 heteroatoms. The predicted octanol–water partition coefficient (Wildman–Crippen LogP) is 4.89. The summed E-state index contributed by atoms with van der Waals surface area (Å²) in [7, 11) is 0. The van der Waals surface area contributed by atoms with Crippen LogP contribution in [0.5, 0.6) is 0 Å². The fourth-order valence-electron chi connectivity index (χ4n) is 5.28. The van der Waals surface area contributed by atoms with Crippen molar-refractivity contribution in [2.45, 2.75) is 65.7 Å². The van der Waals surface area contributed by atoms with Gasteiger partial charge in [0.05, 0.1) is 0 Å². The molecule has 0 spiro atoms. The molecule has 92 valence electrons. The molecular weight excluding hydrogens is 192 g/mol. The van der Waals surface area contributed by atoms with Crippen molar-refractivity contribution in [1.82, 2.24) is 0 Å². The van der Waals surface area contributed by atoms with Crippen molar-refractivity contribution in [3.63, 3.8) is 0 Å². The Labute approximate surface area is 101 Å². The smallest absolute Gasteiger partial charge is 0.0238 e. The summed E-state index contributed by atoms with van der Waals surface area (Å²) >= 11 is 0. The van der Waals surface area contributed by atoms with Gasteiger partial charge in [0.15, 0.2) is 0 Å². The molecule has 0 bridgehead atoms. The maximum Gasteiger partial charge on any atom is -0.0238 e. The van der Waals surface area contributed by atoms with Gasteiger partial charge in [0.2, 0.25) is 0 Å². The van der Waals surface area contributed by atoms with Crippen LogP contribution in [-0.2, 0) is 0 Å². The third-order valence-electron chi connectivity index (χ3n) is 6.51. The van der Waals surface area contributed by atoms with Gasteiger partial charge in [0, 0.05) is 0 Å². The van der Waals surface area contributed by atoms with Crippen LogP contribution >= 0.6 is 0 Å². The van der Waals surface area contributed by atoms with Crippen LogP contribution in [0, 0.1) is 35.0 Å². The van der Waals surface area contributed by atoms with E-state index >= 15 is 0 Å². The van der Waals surface area contributed by atoms with E-state index in [1.807, 2.05) is 0 Å². The van der Waals surface area contributed by atoms with E-state index in [-0.39, 0.29) is 0 Å². The SMILES string of the molecule is CC(C)[C@]12C[C@H](C3CCCCC3)[C@H](C)[C@H]1C2. The molecule has 0 unspecified atom stereocenters. The highest BCUT2D eigenvalue weighted by atomic mass is 14.7. The molecule has 0 aromatic rings. The van der Waals surface area contributed by atoms with Crippen molar-refractivity contribution in [2.24, 2.45) is 35.0 Å². The van der Waals surface area contributed by atoms with E-state index in [9.17, 15) is 0 Å². The summed E-state index contributed by atoms with van der Waals surface area (Å²) in [5.74, 6) is 5.30. The zero-order valence-corrected chi connectivity index (χ0v) is 11.3. The maximum absolute atomic E-state index is 2.57. The summed E-state index contributed by atoms with van der Waals surface area (Å²) in [4.78, 5) is 0. The van der Waals surface area contributed by atoms with Crippen molar-refractivity contribution in [1.29, 1.82) is 0 Å². The lowest BCUT2D eigenvalue weighted by atomic mass is 9.73. The summed E-state index contributed by atoms with van der Waals surface area (Å²) in [6, 6.07) is 0. The minimum atomic E-state index is 0.807. The van der Waals surface area contributed by atoms with Crippen LogP contribution in [0.25, 0.3) is 0 Å². The number of rotatable bonds is 2. The highest BCUT2D eigenvalue weighted by molar-refractivity contribution is 5.14. The van der Waals surface area contributed by atoms with Crippen LogP contribution in [0.1, 0.15) is 65.7 Å². The second kappa shape index (κ2) is 3.75. The average Bonchev–Trinajstić information content (AvgIpc) is 2.96. The van der Waals surface area contributed by atoms with Gasteiger partial charge in [-0.15, -0.1) is 0 Å². The third-order valence-corrected chi connectivity index (χ3v) is 6.51. The van der Waals surface area contributed by atoms with Gasteiger partial charge in [-0.25, -0.2) is 0 Å². The van der Waals surface area contributed by atoms with Crippen LogP contribution in [-0.4, -0.2) is 0 Å². The normalized spacial score (nSPS) is 48.4. The van der Waals surface area contributed by atoms with Crippen LogP contribution in [0.15, 0.2) is 0 Å². The lowest BCUT2D eigenvalue weighted by molar-refractivity contribution is 0.178. The Morgan fingerprint density at radius 3 is 2.25 bits per heavy atom. The number of hydrogen-bond donors (Lipinski definition) is 0. The molecule has 3 aliphatic carbocycles. The lowest BCUT2D eigenvalue weighted by Crippen LogP contribution is -2.23. The second-order valence-corrected chi connectivity index (χ2v) is 7.32. The van der Waals surface area contributed by atoms with Crippen molar-refractivity contribution < 1.29 is 0 Å². The summed E-state index contributed by atoms with van der Waals surface area (Å²) in [5.41, 5.74) is 0.807. The van der Waals surface area contributed by atoms with Crippen molar-refractivity contribution in [2.75, 3.05) is 0 Å². The topological polar surface area (TPSA) is 0 Å². The zero-order valence-electron chi connectivity index (χ0n) is 11.3. The monoisotopic (exact) mass is 220 g/mol. The van der Waals surface area contributed by atoms with E-state index in [0.29, 0.717) is 0 Å². The number of hydrogen-bond acceptors (Lipinski definition) is 0. The van der Waals surface area contributed by atoms with Gasteiger partial charge < -0.3 is 0 Å². The Hall–Kier alpha value is 0. The molecule has 0 aromatic carbocycles. The molecule has 3 aliphatic rings. The Bertz CT molecular complexity index is 261. The van der Waals surface area contributed by atoms with Crippen LogP contribution < -0.4 is 0 Å². The molecule has 3 fully saturated rings. The van der Waals surface area contributed by atoms with Crippen LogP contribution in [0.3, 0.4) is 0 Å². The van der Waals surface area contributed by atoms with E-state index in [1.54, 1.807) is 25.7 Å². The van der Waals surface area contributed by atoms with Gasteiger partial charge in [0.1, 0.15) is 0 Å². The summed E-state index contributed by atoms with van der Waals surface area (Å²) < 4.78 is 0. The van der Waals surface area contributed by atoms with Gasteiger partial charge in [0.25, 0.3) is 0 Å². The third kappa shape index (κ3) is 1.48. The van der Waals surface area contributed by atoms with E-state index < -0.39 is 0 Å². The Kier molecular flexibility index (Phi) is 2.60. The van der Waals surface area contributed by atoms with E-state index in [1.165, 1.54) is 19.3 Å². The van der Waals surface area contributed by atoms with Gasteiger partial charge in [-0.3, -0.25) is 0 Å². The van der Waals surface area contributed by atoms with Gasteiger partial charge >= 0.3 is 0 Å². The first-order valence-corrected chi connectivity index (χ1v) is 7.65. The van der Waals surface area contributed by atoms with E-state index in [4.69, 9.17) is 0 Å². The summed E-state index contributed by atoms with van der Waals surface area (Å²) in [6.45, 7) is 7.51. The molecule has 16 heavy (non-hydrogen) atoms. The van der Waals surface area contributed by atoms with Gasteiger partial charge in [-0.1, -0.05) is 52.9 Å².